The fraction of sp³-hybridized carbons (Fsp3) is 0.500. The number of nitrogens with one attached hydrogen (secondary N) is 1. The zero-order chi connectivity index (χ0) is 13.9. The van der Waals surface area contributed by atoms with E-state index in [1.165, 1.54) is 7.05 Å². The molecule has 0 unspecified atom stereocenters. The van der Waals surface area contributed by atoms with Crippen molar-refractivity contribution in [3.63, 3.8) is 0 Å². The summed E-state index contributed by atoms with van der Waals surface area (Å²) < 4.78 is 17.0. The zero-order valence-corrected chi connectivity index (χ0v) is 11.5. The highest BCUT2D eigenvalue weighted by molar-refractivity contribution is 5.71. The van der Waals surface area contributed by atoms with Gasteiger partial charge in [-0.2, -0.15) is 0 Å². The maximum Gasteiger partial charge on any atom is 0.412 e. The molecular formula is C14H19NO4. The number of ether oxygens (including phenoxy) is 3. The Kier molecular flexibility index (Phi) is 3.95. The van der Waals surface area contributed by atoms with Gasteiger partial charge in [-0.1, -0.05) is 26.0 Å². The summed E-state index contributed by atoms with van der Waals surface area (Å²) in [4.78, 5) is 11.3. The molecule has 0 bridgehead atoms. The highest BCUT2D eigenvalue weighted by Gasteiger charge is 2.35. The van der Waals surface area contributed by atoms with E-state index in [9.17, 15) is 4.79 Å². The monoisotopic (exact) mass is 265 g/mol. The van der Waals surface area contributed by atoms with Crippen LogP contribution < -0.4 is 14.8 Å². The zero-order valence-electron chi connectivity index (χ0n) is 11.5. The predicted molar refractivity (Wildman–Crippen MR) is 70.3 cm³/mol. The maximum absolute atomic E-state index is 11.3. The van der Waals surface area contributed by atoms with Crippen LogP contribution in [0.1, 0.15) is 32.3 Å². The standard InChI is InChI=1S/C14H19NO4/c1-4-14(5-2)17-9-10-7-6-8-11(12(10)19-14)18-13(16)15-3/h6-8H,4-5,9H2,1-3H3,(H,15,16). The molecular weight excluding hydrogens is 246 g/mol. The fourth-order valence-corrected chi connectivity index (χ4v) is 2.05. The van der Waals surface area contributed by atoms with Gasteiger partial charge in [-0.3, -0.25) is 0 Å². The van der Waals surface area contributed by atoms with Gasteiger partial charge in [-0.25, -0.2) is 4.79 Å². The Hall–Kier alpha value is -1.75. The topological polar surface area (TPSA) is 56.8 Å². The van der Waals surface area contributed by atoms with Crippen LogP contribution in [0, 0.1) is 0 Å². The normalized spacial score (nSPS) is 16.2. The van der Waals surface area contributed by atoms with E-state index in [-0.39, 0.29) is 0 Å². The van der Waals surface area contributed by atoms with Crippen molar-refractivity contribution in [1.29, 1.82) is 0 Å². The van der Waals surface area contributed by atoms with Crippen LogP contribution in [0.3, 0.4) is 0 Å². The Labute approximate surface area is 112 Å². The van der Waals surface area contributed by atoms with Gasteiger partial charge in [0, 0.05) is 25.5 Å². The molecule has 0 radical (unpaired) electrons. The molecule has 0 aromatic heterocycles. The second-order valence-electron chi connectivity index (χ2n) is 4.39. The molecule has 2 rings (SSSR count). The first-order valence-electron chi connectivity index (χ1n) is 6.48. The van der Waals surface area contributed by atoms with Crippen LogP contribution in [-0.4, -0.2) is 18.9 Å². The molecule has 1 aromatic rings. The van der Waals surface area contributed by atoms with Crippen molar-refractivity contribution in [3.8, 4) is 11.5 Å². The molecule has 0 atom stereocenters. The fourth-order valence-electron chi connectivity index (χ4n) is 2.05. The Morgan fingerprint density at radius 3 is 2.79 bits per heavy atom. The molecule has 0 saturated heterocycles. The summed E-state index contributed by atoms with van der Waals surface area (Å²) in [5.41, 5.74) is 0.888. The Morgan fingerprint density at radius 1 is 1.42 bits per heavy atom. The Bertz CT molecular complexity index is 469. The lowest BCUT2D eigenvalue weighted by Crippen LogP contribution is -2.41. The van der Waals surface area contributed by atoms with Crippen LogP contribution in [0.5, 0.6) is 11.5 Å². The molecule has 1 N–H and O–H groups in total. The lowest BCUT2D eigenvalue weighted by atomic mass is 10.1. The van der Waals surface area contributed by atoms with Crippen molar-refractivity contribution in [2.75, 3.05) is 7.05 Å². The lowest BCUT2D eigenvalue weighted by molar-refractivity contribution is -0.209. The van der Waals surface area contributed by atoms with E-state index in [2.05, 4.69) is 5.32 Å². The lowest BCUT2D eigenvalue weighted by Gasteiger charge is -2.37. The molecule has 0 fully saturated rings. The molecule has 0 spiro atoms. The van der Waals surface area contributed by atoms with Gasteiger partial charge in [-0.15, -0.1) is 0 Å². The highest BCUT2D eigenvalue weighted by atomic mass is 16.7. The Morgan fingerprint density at radius 2 is 2.16 bits per heavy atom. The smallest absolute Gasteiger partial charge is 0.412 e. The number of hydrogen-bond acceptors (Lipinski definition) is 4. The molecule has 0 saturated carbocycles. The summed E-state index contributed by atoms with van der Waals surface area (Å²) in [5, 5.41) is 2.42. The van der Waals surface area contributed by atoms with Gasteiger partial charge in [0.1, 0.15) is 0 Å². The molecule has 5 nitrogen and oxygen atoms in total. The first-order valence-corrected chi connectivity index (χ1v) is 6.48. The van der Waals surface area contributed by atoms with E-state index < -0.39 is 11.9 Å². The van der Waals surface area contributed by atoms with Crippen LogP contribution in [0.2, 0.25) is 0 Å². The number of carbonyl (C=O) groups excluding carboxylic acids is 1. The number of rotatable bonds is 3. The molecule has 5 heteroatoms. The van der Waals surface area contributed by atoms with E-state index in [1.807, 2.05) is 26.0 Å². The van der Waals surface area contributed by atoms with Gasteiger partial charge in [0.05, 0.1) is 6.61 Å². The van der Waals surface area contributed by atoms with Gasteiger partial charge < -0.3 is 19.5 Å². The molecule has 1 amide bonds. The van der Waals surface area contributed by atoms with Crippen LogP contribution >= 0.6 is 0 Å². The Balaban J connectivity index is 2.32. The van der Waals surface area contributed by atoms with Crippen LogP contribution in [0.15, 0.2) is 18.2 Å². The van der Waals surface area contributed by atoms with Crippen molar-refractivity contribution < 1.29 is 19.0 Å². The largest absolute Gasteiger partial charge is 0.458 e. The second-order valence-corrected chi connectivity index (χ2v) is 4.39. The first kappa shape index (κ1) is 13.7. The summed E-state index contributed by atoms with van der Waals surface area (Å²) in [6, 6.07) is 5.44. The van der Waals surface area contributed by atoms with Gasteiger partial charge in [-0.05, 0) is 6.07 Å². The van der Waals surface area contributed by atoms with E-state index in [1.54, 1.807) is 6.07 Å². The maximum atomic E-state index is 11.3. The summed E-state index contributed by atoms with van der Waals surface area (Å²) in [5.74, 6) is 0.391. The van der Waals surface area contributed by atoms with Gasteiger partial charge >= 0.3 is 6.09 Å². The molecule has 1 heterocycles. The van der Waals surface area contributed by atoms with Crippen molar-refractivity contribution in [2.45, 2.75) is 39.1 Å². The summed E-state index contributed by atoms with van der Waals surface area (Å²) in [6.45, 7) is 4.48. The summed E-state index contributed by atoms with van der Waals surface area (Å²) in [6.07, 6.45) is 0.955. The van der Waals surface area contributed by atoms with Gasteiger partial charge in [0.15, 0.2) is 11.5 Å². The highest BCUT2D eigenvalue weighted by Crippen LogP contribution is 2.41. The number of para-hydroxylation sites is 1. The number of hydrogen-bond donors (Lipinski definition) is 1. The van der Waals surface area contributed by atoms with Crippen LogP contribution in [0.4, 0.5) is 4.79 Å². The average molecular weight is 265 g/mol. The average Bonchev–Trinajstić information content (AvgIpc) is 2.47. The number of fused-ring (bicyclic) bond motifs is 1. The number of benzene rings is 1. The SMILES string of the molecule is CCC1(CC)OCc2cccc(OC(=O)NC)c2O1. The molecule has 104 valence electrons. The minimum absolute atomic E-state index is 0.423. The van der Waals surface area contributed by atoms with Crippen molar-refractivity contribution in [2.24, 2.45) is 0 Å². The van der Waals surface area contributed by atoms with E-state index in [0.29, 0.717) is 18.1 Å². The second kappa shape index (κ2) is 5.48. The minimum atomic E-state index is -0.630. The molecule has 19 heavy (non-hydrogen) atoms. The third-order valence-corrected chi connectivity index (χ3v) is 3.32. The number of carbonyl (C=O) groups is 1. The predicted octanol–water partition coefficient (Wildman–Crippen LogP) is 2.83. The summed E-state index contributed by atoms with van der Waals surface area (Å²) >= 11 is 0. The first-order chi connectivity index (χ1) is 9.14. The molecule has 1 aromatic carbocycles. The van der Waals surface area contributed by atoms with E-state index >= 15 is 0 Å². The van der Waals surface area contributed by atoms with Gasteiger partial charge in [0.25, 0.3) is 0 Å². The molecule has 1 aliphatic rings. The van der Waals surface area contributed by atoms with Crippen molar-refractivity contribution in [3.05, 3.63) is 23.8 Å². The van der Waals surface area contributed by atoms with E-state index in [4.69, 9.17) is 14.2 Å². The summed E-state index contributed by atoms with van der Waals surface area (Å²) in [7, 11) is 1.52. The van der Waals surface area contributed by atoms with Crippen molar-refractivity contribution in [1.82, 2.24) is 5.32 Å². The molecule has 1 aliphatic heterocycles. The third kappa shape index (κ3) is 2.66. The van der Waals surface area contributed by atoms with E-state index in [0.717, 1.165) is 18.4 Å². The van der Waals surface area contributed by atoms with Crippen LogP contribution in [-0.2, 0) is 11.3 Å². The van der Waals surface area contributed by atoms with Crippen LogP contribution in [0.25, 0.3) is 0 Å². The minimum Gasteiger partial charge on any atom is -0.458 e. The number of amides is 1. The third-order valence-electron chi connectivity index (χ3n) is 3.32. The van der Waals surface area contributed by atoms with Crippen molar-refractivity contribution >= 4 is 6.09 Å². The quantitative estimate of drug-likeness (QED) is 0.913. The van der Waals surface area contributed by atoms with Gasteiger partial charge in [0.2, 0.25) is 5.79 Å². The molecule has 0 aliphatic carbocycles.